The number of rotatable bonds is 10. The van der Waals surface area contributed by atoms with Gasteiger partial charge < -0.3 is 10.1 Å². The van der Waals surface area contributed by atoms with Gasteiger partial charge in [-0.1, -0.05) is 36.4 Å². The third-order valence-corrected chi connectivity index (χ3v) is 6.00. The largest absolute Gasteiger partial charge is 0.438 e. The molecule has 4 aromatic rings. The molecule has 0 fully saturated rings. The predicted octanol–water partition coefficient (Wildman–Crippen LogP) is 4.99. The molecule has 1 amide bonds. The number of nitrogens with one attached hydrogen (secondary N) is 1. The summed E-state index contributed by atoms with van der Waals surface area (Å²) in [6.45, 7) is 10.2. The first-order valence-electron chi connectivity index (χ1n) is 12.1. The molecule has 7 nitrogen and oxygen atoms in total. The third-order valence-electron chi connectivity index (χ3n) is 6.00. The summed E-state index contributed by atoms with van der Waals surface area (Å²) in [5, 5.41) is 12.7. The van der Waals surface area contributed by atoms with Gasteiger partial charge in [-0.05, 0) is 57.5 Å². The van der Waals surface area contributed by atoms with Crippen molar-refractivity contribution >= 4 is 16.8 Å². The fourth-order valence-corrected chi connectivity index (χ4v) is 4.36. The molecule has 0 atom stereocenters. The monoisotopic (exact) mass is 471 g/mol. The number of amides is 1. The summed E-state index contributed by atoms with van der Waals surface area (Å²) in [5.74, 6) is 1.81. The van der Waals surface area contributed by atoms with Crippen LogP contribution in [0.2, 0.25) is 0 Å². The van der Waals surface area contributed by atoms with Crippen LogP contribution in [0.4, 0.5) is 0 Å². The van der Waals surface area contributed by atoms with Crippen LogP contribution in [0.1, 0.15) is 33.3 Å². The van der Waals surface area contributed by atoms with Gasteiger partial charge in [0.1, 0.15) is 5.75 Å². The second-order valence-corrected chi connectivity index (χ2v) is 9.14. The molecule has 0 radical (unpaired) electrons. The number of fused-ring (bicyclic) bond motifs is 1. The summed E-state index contributed by atoms with van der Waals surface area (Å²) in [7, 11) is 0. The van der Waals surface area contributed by atoms with Gasteiger partial charge in [-0.25, -0.2) is 0 Å². The maximum absolute atomic E-state index is 12.8. The molecular weight excluding hydrogens is 438 g/mol. The van der Waals surface area contributed by atoms with Crippen LogP contribution in [0.5, 0.6) is 11.6 Å². The molecule has 2 heterocycles. The van der Waals surface area contributed by atoms with Crippen LogP contribution >= 0.6 is 0 Å². The lowest BCUT2D eigenvalue weighted by atomic mass is 10.1. The van der Waals surface area contributed by atoms with Crippen molar-refractivity contribution in [1.29, 1.82) is 0 Å². The summed E-state index contributed by atoms with van der Waals surface area (Å²) >= 11 is 0. The number of benzene rings is 2. The molecule has 2 aromatic heterocycles. The molecule has 4 rings (SSSR count). The van der Waals surface area contributed by atoms with Crippen molar-refractivity contribution in [2.45, 2.75) is 46.2 Å². The van der Waals surface area contributed by atoms with E-state index in [0.717, 1.165) is 23.0 Å². The van der Waals surface area contributed by atoms with Crippen LogP contribution < -0.4 is 10.1 Å². The van der Waals surface area contributed by atoms with E-state index in [-0.39, 0.29) is 5.91 Å². The molecule has 0 aliphatic heterocycles. The number of carbonyl (C=O) groups is 1. The Kier molecular flexibility index (Phi) is 7.77. The third kappa shape index (κ3) is 6.05. The standard InChI is InChI=1S/C28H33N5O2/c1-20(2)32(21(3)4)17-16-29-27(34)18-22-19-33(25-13-9-8-12-24(22)25)26-14-15-28(31-30-26)35-23-10-6-5-7-11-23/h5-15,19-21H,16-18H2,1-4H3,(H,29,34). The zero-order chi connectivity index (χ0) is 24.8. The van der Waals surface area contributed by atoms with E-state index in [1.54, 1.807) is 6.07 Å². The second kappa shape index (κ2) is 11.1. The maximum Gasteiger partial charge on any atom is 0.238 e. The summed E-state index contributed by atoms with van der Waals surface area (Å²) < 4.78 is 7.73. The van der Waals surface area contributed by atoms with Gasteiger partial charge in [0.15, 0.2) is 5.82 Å². The van der Waals surface area contributed by atoms with E-state index < -0.39 is 0 Å². The highest BCUT2D eigenvalue weighted by Gasteiger charge is 2.16. The Bertz CT molecular complexity index is 1240. The van der Waals surface area contributed by atoms with Gasteiger partial charge in [-0.15, -0.1) is 10.2 Å². The molecule has 7 heteroatoms. The Balaban J connectivity index is 1.47. The van der Waals surface area contributed by atoms with Crippen LogP contribution in [-0.4, -0.2) is 50.7 Å². The Morgan fingerprint density at radius 2 is 1.66 bits per heavy atom. The van der Waals surface area contributed by atoms with E-state index >= 15 is 0 Å². The maximum atomic E-state index is 12.8. The van der Waals surface area contributed by atoms with E-state index in [1.165, 1.54) is 0 Å². The van der Waals surface area contributed by atoms with Crippen LogP contribution in [-0.2, 0) is 11.2 Å². The number of hydrogen-bond acceptors (Lipinski definition) is 5. The molecule has 0 aliphatic rings. The number of aromatic nitrogens is 3. The molecule has 0 saturated heterocycles. The number of nitrogens with zero attached hydrogens (tertiary/aromatic N) is 4. The first-order valence-corrected chi connectivity index (χ1v) is 12.1. The van der Waals surface area contributed by atoms with E-state index in [4.69, 9.17) is 4.74 Å². The predicted molar refractivity (Wildman–Crippen MR) is 139 cm³/mol. The normalized spacial score (nSPS) is 11.5. The van der Waals surface area contributed by atoms with Crippen molar-refractivity contribution in [3.8, 4) is 17.4 Å². The Morgan fingerprint density at radius 3 is 2.34 bits per heavy atom. The molecule has 182 valence electrons. The zero-order valence-corrected chi connectivity index (χ0v) is 20.8. The number of carbonyl (C=O) groups excluding carboxylic acids is 1. The van der Waals surface area contributed by atoms with Crippen LogP contribution in [0.25, 0.3) is 16.7 Å². The summed E-state index contributed by atoms with van der Waals surface area (Å²) in [5.41, 5.74) is 1.93. The minimum Gasteiger partial charge on any atom is -0.438 e. The molecule has 1 N–H and O–H groups in total. The smallest absolute Gasteiger partial charge is 0.238 e. The minimum absolute atomic E-state index is 0.0121. The molecule has 35 heavy (non-hydrogen) atoms. The van der Waals surface area contributed by atoms with Gasteiger partial charge in [0.05, 0.1) is 11.9 Å². The van der Waals surface area contributed by atoms with E-state index in [2.05, 4.69) is 48.1 Å². The number of hydrogen-bond donors (Lipinski definition) is 1. The second-order valence-electron chi connectivity index (χ2n) is 9.14. The van der Waals surface area contributed by atoms with Crippen molar-refractivity contribution in [3.05, 3.63) is 78.5 Å². The van der Waals surface area contributed by atoms with E-state index in [1.807, 2.05) is 71.4 Å². The fourth-order valence-electron chi connectivity index (χ4n) is 4.36. The van der Waals surface area contributed by atoms with E-state index in [9.17, 15) is 4.79 Å². The number of ether oxygens (including phenoxy) is 1. The van der Waals surface area contributed by atoms with Gasteiger partial charge in [-0.2, -0.15) is 0 Å². The summed E-state index contributed by atoms with van der Waals surface area (Å²) in [6, 6.07) is 22.1. The quantitative estimate of drug-likeness (QED) is 0.353. The van der Waals surface area contributed by atoms with Crippen LogP contribution in [0.15, 0.2) is 72.9 Å². The average molecular weight is 472 g/mol. The lowest BCUT2D eigenvalue weighted by Gasteiger charge is -2.30. The first-order chi connectivity index (χ1) is 16.9. The molecule has 0 bridgehead atoms. The average Bonchev–Trinajstić information content (AvgIpc) is 3.21. The topological polar surface area (TPSA) is 72.3 Å². The van der Waals surface area contributed by atoms with E-state index in [0.29, 0.717) is 42.5 Å². The van der Waals surface area contributed by atoms with Gasteiger partial charge in [-0.3, -0.25) is 14.3 Å². The molecule has 0 unspecified atom stereocenters. The molecule has 2 aromatic carbocycles. The van der Waals surface area contributed by atoms with Crippen molar-refractivity contribution in [3.63, 3.8) is 0 Å². The summed E-state index contributed by atoms with van der Waals surface area (Å²) in [4.78, 5) is 15.1. The Labute approximate surface area is 206 Å². The highest BCUT2D eigenvalue weighted by molar-refractivity contribution is 5.90. The van der Waals surface area contributed by atoms with Crippen molar-refractivity contribution in [2.24, 2.45) is 0 Å². The number of para-hydroxylation sites is 2. The summed E-state index contributed by atoms with van der Waals surface area (Å²) in [6.07, 6.45) is 2.28. The zero-order valence-electron chi connectivity index (χ0n) is 20.8. The van der Waals surface area contributed by atoms with Gasteiger partial charge >= 0.3 is 0 Å². The molecule has 0 aliphatic carbocycles. The van der Waals surface area contributed by atoms with Crippen LogP contribution in [0, 0.1) is 0 Å². The van der Waals surface area contributed by atoms with Gasteiger partial charge in [0.25, 0.3) is 0 Å². The minimum atomic E-state index is 0.0121. The lowest BCUT2D eigenvalue weighted by Crippen LogP contribution is -2.42. The lowest BCUT2D eigenvalue weighted by molar-refractivity contribution is -0.120. The molecule has 0 spiro atoms. The fraction of sp³-hybridized carbons (Fsp3) is 0.321. The SMILES string of the molecule is CC(C)N(CCNC(=O)Cc1cn(-c2ccc(Oc3ccccc3)nn2)c2ccccc12)C(C)C. The van der Waals surface area contributed by atoms with Gasteiger partial charge in [0.2, 0.25) is 11.8 Å². The van der Waals surface area contributed by atoms with Crippen molar-refractivity contribution < 1.29 is 9.53 Å². The highest BCUT2D eigenvalue weighted by Crippen LogP contribution is 2.25. The van der Waals surface area contributed by atoms with Gasteiger partial charge in [0, 0.05) is 42.8 Å². The Morgan fingerprint density at radius 1 is 0.943 bits per heavy atom. The van der Waals surface area contributed by atoms with Crippen LogP contribution in [0.3, 0.4) is 0 Å². The Hall–Kier alpha value is -3.71. The highest BCUT2D eigenvalue weighted by atomic mass is 16.5. The molecular formula is C28H33N5O2. The first kappa shape index (κ1) is 24.4. The van der Waals surface area contributed by atoms with Crippen molar-refractivity contribution in [2.75, 3.05) is 13.1 Å². The van der Waals surface area contributed by atoms with Crippen molar-refractivity contribution in [1.82, 2.24) is 25.0 Å². The molecule has 0 saturated carbocycles.